The SMILES string of the molecule is CN=C(NCc1cnn(C)c1)NCc1nc(C(F)(F)F)cs1. The van der Waals surface area contributed by atoms with E-state index in [1.807, 2.05) is 13.2 Å². The van der Waals surface area contributed by atoms with E-state index in [1.54, 1.807) is 17.9 Å². The average molecular weight is 332 g/mol. The summed E-state index contributed by atoms with van der Waals surface area (Å²) in [6.45, 7) is 0.687. The number of halogens is 3. The first-order valence-electron chi connectivity index (χ1n) is 6.32. The van der Waals surface area contributed by atoms with Crippen LogP contribution in [0, 0.1) is 0 Å². The molecular formula is C12H15F3N6S. The Morgan fingerprint density at radius 2 is 2.09 bits per heavy atom. The van der Waals surface area contributed by atoms with Crippen molar-refractivity contribution in [2.24, 2.45) is 12.0 Å². The van der Waals surface area contributed by atoms with Crippen LogP contribution in [0.4, 0.5) is 13.2 Å². The highest BCUT2D eigenvalue weighted by atomic mass is 32.1. The van der Waals surface area contributed by atoms with E-state index in [1.165, 1.54) is 0 Å². The Morgan fingerprint density at radius 1 is 1.36 bits per heavy atom. The fourth-order valence-electron chi connectivity index (χ4n) is 1.65. The summed E-state index contributed by atoms with van der Waals surface area (Å²) < 4.78 is 39.1. The number of aromatic nitrogens is 3. The molecule has 2 heterocycles. The molecule has 0 saturated carbocycles. The Bertz CT molecular complexity index is 645. The molecule has 0 amide bonds. The summed E-state index contributed by atoms with van der Waals surface area (Å²) in [5.41, 5.74) is 0.103. The van der Waals surface area contributed by atoms with Crippen molar-refractivity contribution in [1.82, 2.24) is 25.4 Å². The van der Waals surface area contributed by atoms with Gasteiger partial charge in [-0.3, -0.25) is 9.67 Å². The van der Waals surface area contributed by atoms with Gasteiger partial charge in [-0.05, 0) is 0 Å². The van der Waals surface area contributed by atoms with Crippen molar-refractivity contribution in [1.29, 1.82) is 0 Å². The molecule has 0 fully saturated rings. The lowest BCUT2D eigenvalue weighted by Gasteiger charge is -2.09. The summed E-state index contributed by atoms with van der Waals surface area (Å²) in [5.74, 6) is 0.479. The molecule has 0 aliphatic carbocycles. The van der Waals surface area contributed by atoms with Gasteiger partial charge in [0.15, 0.2) is 11.7 Å². The summed E-state index contributed by atoms with van der Waals surface area (Å²) in [7, 11) is 3.40. The summed E-state index contributed by atoms with van der Waals surface area (Å²) in [5, 5.41) is 11.4. The van der Waals surface area contributed by atoms with Gasteiger partial charge in [0.25, 0.3) is 0 Å². The van der Waals surface area contributed by atoms with Crippen LogP contribution in [0.3, 0.4) is 0 Å². The molecule has 2 aromatic rings. The van der Waals surface area contributed by atoms with Crippen LogP contribution >= 0.6 is 11.3 Å². The number of nitrogens with zero attached hydrogens (tertiary/aromatic N) is 4. The molecular weight excluding hydrogens is 317 g/mol. The standard InChI is InChI=1S/C12H15F3N6S/c1-16-11(17-3-8-4-19-21(2)6-8)18-5-10-20-9(7-22-10)12(13,14)15/h4,6-7H,3,5H2,1-2H3,(H2,16,17,18). The number of hydrogen-bond acceptors (Lipinski definition) is 4. The fraction of sp³-hybridized carbons (Fsp3) is 0.417. The van der Waals surface area contributed by atoms with Crippen LogP contribution in [-0.4, -0.2) is 27.8 Å². The van der Waals surface area contributed by atoms with Crippen LogP contribution in [0.2, 0.25) is 0 Å². The molecule has 6 nitrogen and oxygen atoms in total. The van der Waals surface area contributed by atoms with Crippen molar-refractivity contribution >= 4 is 17.3 Å². The van der Waals surface area contributed by atoms with E-state index in [0.717, 1.165) is 22.3 Å². The minimum atomic E-state index is -4.41. The summed E-state index contributed by atoms with van der Waals surface area (Å²) >= 11 is 0.957. The third-order valence-electron chi connectivity index (χ3n) is 2.69. The zero-order valence-corrected chi connectivity index (χ0v) is 12.8. The molecule has 0 radical (unpaired) electrons. The average Bonchev–Trinajstić information content (AvgIpc) is 3.07. The predicted molar refractivity (Wildman–Crippen MR) is 77.4 cm³/mol. The third-order valence-corrected chi connectivity index (χ3v) is 3.54. The lowest BCUT2D eigenvalue weighted by molar-refractivity contribution is -0.140. The molecule has 0 aromatic carbocycles. The Balaban J connectivity index is 1.85. The molecule has 2 N–H and O–H groups in total. The minimum Gasteiger partial charge on any atom is -0.352 e. The molecule has 0 saturated heterocycles. The first kappa shape index (κ1) is 16.3. The van der Waals surface area contributed by atoms with Gasteiger partial charge in [0.2, 0.25) is 0 Å². The van der Waals surface area contributed by atoms with Crippen molar-refractivity contribution in [3.05, 3.63) is 34.0 Å². The molecule has 10 heteroatoms. The molecule has 0 aliphatic heterocycles. The third kappa shape index (κ3) is 4.45. The monoisotopic (exact) mass is 332 g/mol. The summed E-state index contributed by atoms with van der Waals surface area (Å²) in [4.78, 5) is 7.55. The van der Waals surface area contributed by atoms with Crippen LogP contribution in [0.25, 0.3) is 0 Å². The van der Waals surface area contributed by atoms with E-state index in [-0.39, 0.29) is 6.54 Å². The molecule has 0 aliphatic rings. The number of rotatable bonds is 4. The van der Waals surface area contributed by atoms with Crippen LogP contribution < -0.4 is 10.6 Å². The highest BCUT2D eigenvalue weighted by Gasteiger charge is 2.33. The van der Waals surface area contributed by atoms with Gasteiger partial charge in [-0.1, -0.05) is 0 Å². The maximum absolute atomic E-state index is 12.5. The number of guanidine groups is 1. The molecule has 2 rings (SSSR count). The second-order valence-electron chi connectivity index (χ2n) is 4.43. The molecule has 22 heavy (non-hydrogen) atoms. The van der Waals surface area contributed by atoms with Crippen LogP contribution in [0.1, 0.15) is 16.3 Å². The van der Waals surface area contributed by atoms with E-state index in [9.17, 15) is 13.2 Å². The van der Waals surface area contributed by atoms with E-state index in [4.69, 9.17) is 0 Å². The summed E-state index contributed by atoms with van der Waals surface area (Å²) in [6.07, 6.45) is -0.831. The fourth-order valence-corrected chi connectivity index (χ4v) is 2.39. The van der Waals surface area contributed by atoms with Gasteiger partial charge >= 0.3 is 6.18 Å². The minimum absolute atomic E-state index is 0.174. The molecule has 0 atom stereocenters. The van der Waals surface area contributed by atoms with Gasteiger partial charge in [0, 0.05) is 37.8 Å². The number of hydrogen-bond donors (Lipinski definition) is 2. The molecule has 2 aromatic heterocycles. The Morgan fingerprint density at radius 3 is 2.64 bits per heavy atom. The number of alkyl halides is 3. The van der Waals surface area contributed by atoms with Crippen LogP contribution in [0.15, 0.2) is 22.8 Å². The quantitative estimate of drug-likeness (QED) is 0.661. The largest absolute Gasteiger partial charge is 0.434 e. The molecule has 0 bridgehead atoms. The first-order chi connectivity index (χ1) is 10.4. The van der Waals surface area contributed by atoms with Crippen molar-refractivity contribution < 1.29 is 13.2 Å². The second-order valence-corrected chi connectivity index (χ2v) is 5.37. The Labute approximate surface area is 129 Å². The van der Waals surface area contributed by atoms with Crippen molar-refractivity contribution in [3.8, 4) is 0 Å². The maximum atomic E-state index is 12.5. The van der Waals surface area contributed by atoms with Gasteiger partial charge in [0.05, 0.1) is 12.7 Å². The Hall–Kier alpha value is -2.10. The van der Waals surface area contributed by atoms with E-state index >= 15 is 0 Å². The smallest absolute Gasteiger partial charge is 0.352 e. The highest BCUT2D eigenvalue weighted by molar-refractivity contribution is 7.09. The lowest BCUT2D eigenvalue weighted by Crippen LogP contribution is -2.36. The first-order valence-corrected chi connectivity index (χ1v) is 7.20. The number of thiazole rings is 1. The van der Waals surface area contributed by atoms with Gasteiger partial charge in [-0.2, -0.15) is 18.3 Å². The zero-order valence-electron chi connectivity index (χ0n) is 12.0. The zero-order chi connectivity index (χ0) is 16.2. The highest BCUT2D eigenvalue weighted by Crippen LogP contribution is 2.29. The predicted octanol–water partition coefficient (Wildman–Crippen LogP) is 1.76. The van der Waals surface area contributed by atoms with E-state index in [2.05, 4.69) is 25.7 Å². The van der Waals surface area contributed by atoms with E-state index < -0.39 is 11.9 Å². The van der Waals surface area contributed by atoms with Crippen molar-refractivity contribution in [3.63, 3.8) is 0 Å². The maximum Gasteiger partial charge on any atom is 0.434 e. The van der Waals surface area contributed by atoms with Gasteiger partial charge in [-0.15, -0.1) is 11.3 Å². The van der Waals surface area contributed by atoms with Crippen molar-refractivity contribution in [2.75, 3.05) is 7.05 Å². The molecule has 0 unspecified atom stereocenters. The Kier molecular flexibility index (Phi) is 5.01. The van der Waals surface area contributed by atoms with Crippen molar-refractivity contribution in [2.45, 2.75) is 19.3 Å². The van der Waals surface area contributed by atoms with Gasteiger partial charge < -0.3 is 10.6 Å². The van der Waals surface area contributed by atoms with Crippen LogP contribution in [-0.2, 0) is 26.3 Å². The molecule has 0 spiro atoms. The van der Waals surface area contributed by atoms with Crippen LogP contribution in [0.5, 0.6) is 0 Å². The number of aliphatic imine (C=N–C) groups is 1. The van der Waals surface area contributed by atoms with E-state index in [0.29, 0.717) is 17.5 Å². The summed E-state index contributed by atoms with van der Waals surface area (Å²) in [6, 6.07) is 0. The van der Waals surface area contributed by atoms with Gasteiger partial charge in [0.1, 0.15) is 5.01 Å². The molecule has 120 valence electrons. The normalized spacial score (nSPS) is 12.5. The number of nitrogens with one attached hydrogen (secondary N) is 2. The lowest BCUT2D eigenvalue weighted by atomic mass is 10.4. The number of aryl methyl sites for hydroxylation is 1. The van der Waals surface area contributed by atoms with Gasteiger partial charge in [-0.25, -0.2) is 4.98 Å². The topological polar surface area (TPSA) is 67.1 Å². The second kappa shape index (κ2) is 6.77.